The molecule has 9 heteroatoms. The largest absolute Gasteiger partial charge is 0.416 e. The number of nitrogens with two attached hydrogens (primary N) is 1. The lowest BCUT2D eigenvalue weighted by Crippen LogP contribution is -2.06. The fourth-order valence-electron chi connectivity index (χ4n) is 1.40. The minimum atomic E-state index is -4.48. The highest BCUT2D eigenvalue weighted by Crippen LogP contribution is 2.35. The van der Waals surface area contributed by atoms with E-state index in [0.29, 0.717) is 0 Å². The Balaban J connectivity index is 2.55. The van der Waals surface area contributed by atoms with E-state index in [1.807, 2.05) is 0 Å². The number of halogens is 6. The number of alkyl halides is 3. The highest BCUT2D eigenvalue weighted by Gasteiger charge is 2.31. The second-order valence-electron chi connectivity index (χ2n) is 3.57. The molecule has 1 heterocycles. The van der Waals surface area contributed by atoms with Gasteiger partial charge in [-0.15, -0.1) is 0 Å². The molecule has 0 amide bonds. The summed E-state index contributed by atoms with van der Waals surface area (Å²) < 4.78 is 38.6. The first-order chi connectivity index (χ1) is 8.71. The number of hydrogen-bond acceptors (Lipinski definition) is 2. The smallest absolute Gasteiger partial charge is 0.394 e. The Hall–Kier alpha value is -1.11. The lowest BCUT2D eigenvalue weighted by atomic mass is 10.2. The van der Waals surface area contributed by atoms with Gasteiger partial charge in [-0.2, -0.15) is 18.3 Å². The second-order valence-corrected chi connectivity index (χ2v) is 4.69. The number of hydrogen-bond donors (Lipinski definition) is 1. The topological polar surface area (TPSA) is 43.8 Å². The minimum Gasteiger partial charge on any atom is -0.394 e. The number of nitrogen functional groups attached to an aromatic ring is 1. The lowest BCUT2D eigenvalue weighted by Gasteiger charge is -2.10. The molecular formula is C10H5Cl3F3N3. The maximum Gasteiger partial charge on any atom is 0.416 e. The normalized spacial score (nSPS) is 11.9. The van der Waals surface area contributed by atoms with Crippen LogP contribution in [0.2, 0.25) is 15.3 Å². The molecule has 0 bridgehead atoms. The average molecular weight is 331 g/mol. The van der Waals surface area contributed by atoms with Crippen molar-refractivity contribution in [1.82, 2.24) is 9.78 Å². The molecule has 3 nitrogen and oxygen atoms in total. The number of anilines is 1. The van der Waals surface area contributed by atoms with Gasteiger partial charge in [-0.1, -0.05) is 34.8 Å². The standard InChI is InChI=1S/C10H5Cl3F3N3/c11-5-3-4(10(14,15)16)1-2-6(5)19-9(13)7(17)8(12)18-19/h1-3H,17H2. The molecule has 0 aliphatic heterocycles. The average Bonchev–Trinajstić information content (AvgIpc) is 2.56. The van der Waals surface area contributed by atoms with Crippen molar-refractivity contribution in [2.24, 2.45) is 0 Å². The summed E-state index contributed by atoms with van der Waals surface area (Å²) in [6, 6.07) is 2.78. The molecule has 19 heavy (non-hydrogen) atoms. The monoisotopic (exact) mass is 329 g/mol. The van der Waals surface area contributed by atoms with Crippen molar-refractivity contribution in [2.45, 2.75) is 6.18 Å². The van der Waals surface area contributed by atoms with Gasteiger partial charge in [-0.3, -0.25) is 0 Å². The molecule has 0 aliphatic carbocycles. The third-order valence-electron chi connectivity index (χ3n) is 2.32. The molecule has 0 spiro atoms. The van der Waals surface area contributed by atoms with Crippen molar-refractivity contribution in [1.29, 1.82) is 0 Å². The Labute approximate surface area is 120 Å². The molecular weight excluding hydrogens is 325 g/mol. The number of aromatic nitrogens is 2. The Kier molecular flexibility index (Phi) is 3.59. The van der Waals surface area contributed by atoms with E-state index in [0.717, 1.165) is 22.9 Å². The summed E-state index contributed by atoms with van der Waals surface area (Å²) in [4.78, 5) is 0. The van der Waals surface area contributed by atoms with Crippen LogP contribution in [0.15, 0.2) is 18.2 Å². The van der Waals surface area contributed by atoms with Gasteiger partial charge >= 0.3 is 6.18 Å². The van der Waals surface area contributed by atoms with Gasteiger partial charge in [-0.05, 0) is 18.2 Å². The van der Waals surface area contributed by atoms with E-state index >= 15 is 0 Å². The molecule has 0 fully saturated rings. The van der Waals surface area contributed by atoms with E-state index < -0.39 is 11.7 Å². The molecule has 2 N–H and O–H groups in total. The lowest BCUT2D eigenvalue weighted by molar-refractivity contribution is -0.137. The van der Waals surface area contributed by atoms with Crippen LogP contribution in [0.5, 0.6) is 0 Å². The van der Waals surface area contributed by atoms with E-state index in [1.165, 1.54) is 0 Å². The van der Waals surface area contributed by atoms with Crippen molar-refractivity contribution >= 4 is 40.5 Å². The Bertz CT molecular complexity index is 637. The van der Waals surface area contributed by atoms with Crippen LogP contribution in [0, 0.1) is 0 Å². The molecule has 1 aromatic heterocycles. The molecule has 0 unspecified atom stereocenters. The van der Waals surface area contributed by atoms with E-state index in [9.17, 15) is 13.2 Å². The zero-order valence-electron chi connectivity index (χ0n) is 8.97. The van der Waals surface area contributed by atoms with Crippen molar-refractivity contribution in [3.63, 3.8) is 0 Å². The first-order valence-electron chi connectivity index (χ1n) is 4.78. The van der Waals surface area contributed by atoms with Crippen molar-refractivity contribution in [2.75, 3.05) is 5.73 Å². The van der Waals surface area contributed by atoms with Gasteiger partial charge < -0.3 is 5.73 Å². The second kappa shape index (κ2) is 4.77. The predicted octanol–water partition coefficient (Wildman–Crippen LogP) is 4.43. The SMILES string of the molecule is Nc1c(Cl)nn(-c2ccc(C(F)(F)F)cc2Cl)c1Cl. The van der Waals surface area contributed by atoms with Gasteiger partial charge in [0.15, 0.2) is 10.3 Å². The zero-order valence-corrected chi connectivity index (χ0v) is 11.2. The Morgan fingerprint density at radius 1 is 1.16 bits per heavy atom. The number of rotatable bonds is 1. The first kappa shape index (κ1) is 14.3. The highest BCUT2D eigenvalue weighted by molar-refractivity contribution is 6.38. The molecule has 0 aliphatic rings. The molecule has 2 rings (SSSR count). The minimum absolute atomic E-state index is 0.0216. The molecule has 0 saturated heterocycles. The van der Waals surface area contributed by atoms with Crippen LogP contribution in [-0.4, -0.2) is 9.78 Å². The maximum absolute atomic E-state index is 12.5. The van der Waals surface area contributed by atoms with E-state index in [-0.39, 0.29) is 26.7 Å². The molecule has 102 valence electrons. The van der Waals surface area contributed by atoms with E-state index in [4.69, 9.17) is 40.5 Å². The maximum atomic E-state index is 12.5. The zero-order chi connectivity index (χ0) is 14.4. The molecule has 2 aromatic rings. The quantitative estimate of drug-likeness (QED) is 0.840. The van der Waals surface area contributed by atoms with E-state index in [2.05, 4.69) is 5.10 Å². The summed E-state index contributed by atoms with van der Waals surface area (Å²) in [5.74, 6) is 0. The van der Waals surface area contributed by atoms with Gasteiger partial charge in [0.25, 0.3) is 0 Å². The van der Waals surface area contributed by atoms with Crippen LogP contribution < -0.4 is 5.73 Å². The Morgan fingerprint density at radius 2 is 1.79 bits per heavy atom. The van der Waals surface area contributed by atoms with Crippen LogP contribution in [-0.2, 0) is 6.18 Å². The van der Waals surface area contributed by atoms with Crippen molar-refractivity contribution in [3.05, 3.63) is 39.1 Å². The van der Waals surface area contributed by atoms with Gasteiger partial charge in [0.1, 0.15) is 5.69 Å². The van der Waals surface area contributed by atoms with Gasteiger partial charge in [-0.25, -0.2) is 4.68 Å². The fraction of sp³-hybridized carbons (Fsp3) is 0.100. The summed E-state index contributed by atoms with van der Waals surface area (Å²) in [6.07, 6.45) is -4.48. The van der Waals surface area contributed by atoms with Crippen molar-refractivity contribution < 1.29 is 13.2 Å². The summed E-state index contributed by atoms with van der Waals surface area (Å²) in [6.45, 7) is 0. The van der Waals surface area contributed by atoms with Gasteiger partial charge in [0.2, 0.25) is 0 Å². The third-order valence-corrected chi connectivity index (χ3v) is 3.27. The fourth-order valence-corrected chi connectivity index (χ4v) is 2.09. The summed E-state index contributed by atoms with van der Waals surface area (Å²) in [5.41, 5.74) is 4.83. The number of benzene rings is 1. The third kappa shape index (κ3) is 2.61. The molecule has 0 saturated carbocycles. The summed E-state index contributed by atoms with van der Waals surface area (Å²) >= 11 is 17.3. The van der Waals surface area contributed by atoms with E-state index in [1.54, 1.807) is 0 Å². The predicted molar refractivity (Wildman–Crippen MR) is 68.0 cm³/mol. The van der Waals surface area contributed by atoms with Crippen LogP contribution in [0.4, 0.5) is 18.9 Å². The molecule has 0 atom stereocenters. The Morgan fingerprint density at radius 3 is 2.21 bits per heavy atom. The number of nitrogens with zero attached hydrogens (tertiary/aromatic N) is 2. The summed E-state index contributed by atoms with van der Waals surface area (Å²) in [5, 5.41) is 3.55. The van der Waals surface area contributed by atoms with Crippen LogP contribution in [0.1, 0.15) is 5.56 Å². The van der Waals surface area contributed by atoms with Crippen LogP contribution >= 0.6 is 34.8 Å². The van der Waals surface area contributed by atoms with Crippen LogP contribution in [0.25, 0.3) is 5.69 Å². The summed E-state index contributed by atoms with van der Waals surface area (Å²) in [7, 11) is 0. The molecule has 0 radical (unpaired) electrons. The van der Waals surface area contributed by atoms with Gasteiger partial charge in [0.05, 0.1) is 16.3 Å². The van der Waals surface area contributed by atoms with Crippen molar-refractivity contribution in [3.8, 4) is 5.69 Å². The molecule has 1 aromatic carbocycles. The van der Waals surface area contributed by atoms with Gasteiger partial charge in [0, 0.05) is 0 Å². The highest BCUT2D eigenvalue weighted by atomic mass is 35.5. The van der Waals surface area contributed by atoms with Crippen LogP contribution in [0.3, 0.4) is 0 Å². The first-order valence-corrected chi connectivity index (χ1v) is 5.92.